The van der Waals surface area contributed by atoms with Gasteiger partial charge in [0, 0.05) is 0 Å². The van der Waals surface area contributed by atoms with Gasteiger partial charge in [-0.05, 0) is 52.6 Å². The third-order valence-corrected chi connectivity index (χ3v) is 2.99. The summed E-state index contributed by atoms with van der Waals surface area (Å²) in [6, 6.07) is 7.24. The van der Waals surface area contributed by atoms with E-state index in [1.54, 1.807) is 23.5 Å². The largest absolute Gasteiger partial charge is 0.478 e. The molecule has 0 aliphatic heterocycles. The minimum absolute atomic E-state index is 0.339. The first kappa shape index (κ1) is 9.93. The molecular formula is C12H10O2S. The summed E-state index contributed by atoms with van der Waals surface area (Å²) in [6.07, 6.45) is 0. The molecule has 0 saturated carbocycles. The minimum atomic E-state index is -0.880. The van der Waals surface area contributed by atoms with Gasteiger partial charge in [-0.3, -0.25) is 0 Å². The molecule has 0 amide bonds. The molecule has 0 spiro atoms. The fourth-order valence-electron chi connectivity index (χ4n) is 1.54. The number of aryl methyl sites for hydroxylation is 1. The van der Waals surface area contributed by atoms with Gasteiger partial charge in [-0.25, -0.2) is 4.79 Å². The van der Waals surface area contributed by atoms with E-state index in [1.165, 1.54) is 0 Å². The van der Waals surface area contributed by atoms with Crippen molar-refractivity contribution in [3.8, 4) is 11.1 Å². The molecule has 0 atom stereocenters. The SMILES string of the molecule is Cc1cc(C(=O)O)ccc1-c1ccsc1. The highest BCUT2D eigenvalue weighted by atomic mass is 32.1. The van der Waals surface area contributed by atoms with Gasteiger partial charge in [0.15, 0.2) is 0 Å². The summed E-state index contributed by atoms with van der Waals surface area (Å²) in [6.45, 7) is 1.93. The maximum Gasteiger partial charge on any atom is 0.335 e. The predicted octanol–water partition coefficient (Wildman–Crippen LogP) is 3.42. The molecule has 0 aliphatic carbocycles. The standard InChI is InChI=1S/C12H10O2S/c1-8-6-9(12(13)14)2-3-11(8)10-4-5-15-7-10/h2-7H,1H3,(H,13,14). The molecule has 3 heteroatoms. The molecule has 2 aromatic rings. The first-order chi connectivity index (χ1) is 7.18. The second-order valence-corrected chi connectivity index (χ2v) is 4.13. The van der Waals surface area contributed by atoms with E-state index in [1.807, 2.05) is 24.4 Å². The molecular weight excluding hydrogens is 208 g/mol. The quantitative estimate of drug-likeness (QED) is 0.838. The van der Waals surface area contributed by atoms with Crippen LogP contribution < -0.4 is 0 Å². The van der Waals surface area contributed by atoms with Crippen LogP contribution >= 0.6 is 11.3 Å². The number of rotatable bonds is 2. The Bertz CT molecular complexity index is 486. The summed E-state index contributed by atoms with van der Waals surface area (Å²) in [4.78, 5) is 10.8. The summed E-state index contributed by atoms with van der Waals surface area (Å²) < 4.78 is 0. The zero-order chi connectivity index (χ0) is 10.8. The van der Waals surface area contributed by atoms with Crippen LogP contribution in [0.25, 0.3) is 11.1 Å². The van der Waals surface area contributed by atoms with Gasteiger partial charge in [-0.2, -0.15) is 11.3 Å². The monoisotopic (exact) mass is 218 g/mol. The summed E-state index contributed by atoms with van der Waals surface area (Å²) in [5, 5.41) is 12.9. The second kappa shape index (κ2) is 3.87. The smallest absolute Gasteiger partial charge is 0.335 e. The third kappa shape index (κ3) is 1.92. The summed E-state index contributed by atoms with van der Waals surface area (Å²) in [7, 11) is 0. The fourth-order valence-corrected chi connectivity index (χ4v) is 2.19. The van der Waals surface area contributed by atoms with Crippen molar-refractivity contribution in [3.05, 3.63) is 46.2 Å². The molecule has 1 N–H and O–H groups in total. The van der Waals surface area contributed by atoms with Crippen LogP contribution in [0.15, 0.2) is 35.0 Å². The summed E-state index contributed by atoms with van der Waals surface area (Å²) in [5.74, 6) is -0.880. The van der Waals surface area contributed by atoms with Crippen molar-refractivity contribution < 1.29 is 9.90 Å². The zero-order valence-corrected chi connectivity index (χ0v) is 9.04. The molecule has 0 bridgehead atoms. The van der Waals surface area contributed by atoms with Crippen molar-refractivity contribution in [2.45, 2.75) is 6.92 Å². The lowest BCUT2D eigenvalue weighted by Gasteiger charge is -2.04. The molecule has 2 nitrogen and oxygen atoms in total. The molecule has 0 fully saturated rings. The molecule has 0 radical (unpaired) electrons. The summed E-state index contributed by atoms with van der Waals surface area (Å²) >= 11 is 1.64. The van der Waals surface area contributed by atoms with Gasteiger partial charge in [0.1, 0.15) is 0 Å². The lowest BCUT2D eigenvalue weighted by atomic mass is 10.0. The van der Waals surface area contributed by atoms with Gasteiger partial charge in [0.25, 0.3) is 0 Å². The first-order valence-electron chi connectivity index (χ1n) is 4.55. The molecule has 0 aliphatic rings. The van der Waals surface area contributed by atoms with E-state index in [2.05, 4.69) is 5.38 Å². The second-order valence-electron chi connectivity index (χ2n) is 3.35. The Labute approximate surface area is 91.8 Å². The first-order valence-corrected chi connectivity index (χ1v) is 5.49. The maximum atomic E-state index is 10.8. The minimum Gasteiger partial charge on any atom is -0.478 e. The lowest BCUT2D eigenvalue weighted by molar-refractivity contribution is 0.0697. The highest BCUT2D eigenvalue weighted by Gasteiger charge is 2.06. The van der Waals surface area contributed by atoms with Gasteiger partial charge >= 0.3 is 5.97 Å². The number of carboxylic acids is 1. The average molecular weight is 218 g/mol. The number of aromatic carboxylic acids is 1. The van der Waals surface area contributed by atoms with Crippen LogP contribution in [0.3, 0.4) is 0 Å². The van der Waals surface area contributed by atoms with Crippen LogP contribution in [0, 0.1) is 6.92 Å². The van der Waals surface area contributed by atoms with Gasteiger partial charge < -0.3 is 5.11 Å². The highest BCUT2D eigenvalue weighted by Crippen LogP contribution is 2.26. The van der Waals surface area contributed by atoms with Gasteiger partial charge in [-0.15, -0.1) is 0 Å². The van der Waals surface area contributed by atoms with Crippen molar-refractivity contribution >= 4 is 17.3 Å². The topological polar surface area (TPSA) is 37.3 Å². The van der Waals surface area contributed by atoms with Gasteiger partial charge in [0.2, 0.25) is 0 Å². The highest BCUT2D eigenvalue weighted by molar-refractivity contribution is 7.08. The Morgan fingerprint density at radius 2 is 2.13 bits per heavy atom. The van der Waals surface area contributed by atoms with E-state index in [0.29, 0.717) is 5.56 Å². The Morgan fingerprint density at radius 1 is 1.33 bits per heavy atom. The molecule has 1 heterocycles. The Kier molecular flexibility index (Phi) is 2.56. The maximum absolute atomic E-state index is 10.8. The van der Waals surface area contributed by atoms with Crippen molar-refractivity contribution in [3.63, 3.8) is 0 Å². The Morgan fingerprint density at radius 3 is 2.67 bits per heavy atom. The molecule has 0 unspecified atom stereocenters. The lowest BCUT2D eigenvalue weighted by Crippen LogP contribution is -1.96. The molecule has 76 valence electrons. The summed E-state index contributed by atoms with van der Waals surface area (Å²) in [5.41, 5.74) is 3.58. The van der Waals surface area contributed by atoms with Crippen LogP contribution in [-0.2, 0) is 0 Å². The molecule has 15 heavy (non-hydrogen) atoms. The van der Waals surface area contributed by atoms with E-state index in [4.69, 9.17) is 5.11 Å². The van der Waals surface area contributed by atoms with E-state index in [9.17, 15) is 4.79 Å². The van der Waals surface area contributed by atoms with Crippen molar-refractivity contribution in [1.82, 2.24) is 0 Å². The molecule has 1 aromatic heterocycles. The Balaban J connectivity index is 2.48. The van der Waals surface area contributed by atoms with Gasteiger partial charge in [-0.1, -0.05) is 6.07 Å². The molecule has 2 rings (SSSR count). The van der Waals surface area contributed by atoms with Gasteiger partial charge in [0.05, 0.1) is 5.56 Å². The predicted molar refractivity (Wildman–Crippen MR) is 61.5 cm³/mol. The van der Waals surface area contributed by atoms with E-state index in [0.717, 1.165) is 16.7 Å². The number of hydrogen-bond donors (Lipinski definition) is 1. The van der Waals surface area contributed by atoms with E-state index < -0.39 is 5.97 Å². The number of benzene rings is 1. The van der Waals surface area contributed by atoms with Crippen LogP contribution in [0.5, 0.6) is 0 Å². The number of carboxylic acid groups (broad SMARTS) is 1. The van der Waals surface area contributed by atoms with Crippen LogP contribution in [-0.4, -0.2) is 11.1 Å². The fraction of sp³-hybridized carbons (Fsp3) is 0.0833. The average Bonchev–Trinajstić information content (AvgIpc) is 2.70. The van der Waals surface area contributed by atoms with E-state index in [-0.39, 0.29) is 0 Å². The number of thiophene rings is 1. The normalized spacial score (nSPS) is 10.2. The Hall–Kier alpha value is -1.61. The van der Waals surface area contributed by atoms with E-state index >= 15 is 0 Å². The number of carbonyl (C=O) groups is 1. The zero-order valence-electron chi connectivity index (χ0n) is 8.23. The molecule has 0 saturated heterocycles. The van der Waals surface area contributed by atoms with Crippen LogP contribution in [0.2, 0.25) is 0 Å². The van der Waals surface area contributed by atoms with Crippen LogP contribution in [0.4, 0.5) is 0 Å². The number of hydrogen-bond acceptors (Lipinski definition) is 2. The van der Waals surface area contributed by atoms with Crippen molar-refractivity contribution in [2.75, 3.05) is 0 Å². The third-order valence-electron chi connectivity index (χ3n) is 2.31. The molecule has 1 aromatic carbocycles. The van der Waals surface area contributed by atoms with Crippen molar-refractivity contribution in [1.29, 1.82) is 0 Å². The van der Waals surface area contributed by atoms with Crippen LogP contribution in [0.1, 0.15) is 15.9 Å². The van der Waals surface area contributed by atoms with Crippen molar-refractivity contribution in [2.24, 2.45) is 0 Å².